The van der Waals surface area contributed by atoms with Crippen molar-refractivity contribution in [3.8, 4) is 5.69 Å². The maximum Gasteiger partial charge on any atom is 0.154 e. The predicted octanol–water partition coefficient (Wildman–Crippen LogP) is 2.06. The van der Waals surface area contributed by atoms with Gasteiger partial charge in [0.25, 0.3) is 0 Å². The molecule has 2 N–H and O–H groups in total. The molecule has 0 saturated carbocycles. The van der Waals surface area contributed by atoms with Crippen molar-refractivity contribution in [3.05, 3.63) is 41.5 Å². The van der Waals surface area contributed by atoms with E-state index in [1.54, 1.807) is 0 Å². The first kappa shape index (κ1) is 13.4. The number of methoxy groups -OCH3 is 1. The van der Waals surface area contributed by atoms with E-state index in [1.807, 2.05) is 0 Å². The molecule has 0 radical (unpaired) electrons. The van der Waals surface area contributed by atoms with Crippen molar-refractivity contribution in [2.45, 2.75) is 6.42 Å². The second-order valence-electron chi connectivity index (χ2n) is 3.92. The van der Waals surface area contributed by atoms with Gasteiger partial charge in [-0.1, -0.05) is 0 Å². The molecule has 102 valence electrons. The maximum absolute atomic E-state index is 13.7. The number of rotatable bonds is 4. The topological polar surface area (TPSA) is 53.1 Å². The standard InChI is InChI=1S/C12H12F3N3O/c1-19-3-2-11-10(16)6-17-18(11)12-8(14)4-7(13)5-9(12)15/h4-6H,2-3,16H2,1H3. The zero-order chi connectivity index (χ0) is 14.0. The van der Waals surface area contributed by atoms with Crippen LogP contribution in [0.2, 0.25) is 0 Å². The third-order valence-corrected chi connectivity index (χ3v) is 2.64. The molecule has 0 atom stereocenters. The summed E-state index contributed by atoms with van der Waals surface area (Å²) in [4.78, 5) is 0. The van der Waals surface area contributed by atoms with E-state index in [9.17, 15) is 13.2 Å². The van der Waals surface area contributed by atoms with Crippen LogP contribution < -0.4 is 5.73 Å². The van der Waals surface area contributed by atoms with E-state index in [4.69, 9.17) is 10.5 Å². The zero-order valence-corrected chi connectivity index (χ0v) is 10.2. The zero-order valence-electron chi connectivity index (χ0n) is 10.2. The number of halogens is 3. The Labute approximate surface area is 107 Å². The first-order chi connectivity index (χ1) is 9.04. The molecule has 0 aliphatic heterocycles. The molecule has 2 rings (SSSR count). The van der Waals surface area contributed by atoms with Gasteiger partial charge in [0.15, 0.2) is 11.6 Å². The fourth-order valence-corrected chi connectivity index (χ4v) is 1.77. The number of hydrogen-bond donors (Lipinski definition) is 1. The van der Waals surface area contributed by atoms with E-state index in [-0.39, 0.29) is 0 Å². The molecule has 0 bridgehead atoms. The van der Waals surface area contributed by atoms with Gasteiger partial charge >= 0.3 is 0 Å². The van der Waals surface area contributed by atoms with Gasteiger partial charge in [0.1, 0.15) is 11.5 Å². The summed E-state index contributed by atoms with van der Waals surface area (Å²) in [6.07, 6.45) is 1.62. The number of ether oxygens (including phenoxy) is 1. The Morgan fingerprint density at radius 3 is 2.47 bits per heavy atom. The van der Waals surface area contributed by atoms with E-state index in [0.717, 1.165) is 4.68 Å². The van der Waals surface area contributed by atoms with Crippen molar-refractivity contribution in [3.63, 3.8) is 0 Å². The van der Waals surface area contributed by atoms with Crippen LogP contribution in [-0.2, 0) is 11.2 Å². The smallest absolute Gasteiger partial charge is 0.154 e. The van der Waals surface area contributed by atoms with Gasteiger partial charge in [0, 0.05) is 25.7 Å². The van der Waals surface area contributed by atoms with Crippen molar-refractivity contribution >= 4 is 5.69 Å². The summed E-state index contributed by atoms with van der Waals surface area (Å²) < 4.78 is 46.2. The van der Waals surface area contributed by atoms with Crippen molar-refractivity contribution < 1.29 is 17.9 Å². The second kappa shape index (κ2) is 5.31. The molecule has 0 saturated heterocycles. The highest BCUT2D eigenvalue weighted by Gasteiger charge is 2.18. The van der Waals surface area contributed by atoms with E-state index in [1.165, 1.54) is 13.3 Å². The van der Waals surface area contributed by atoms with Gasteiger partial charge in [0.05, 0.1) is 24.2 Å². The van der Waals surface area contributed by atoms with Crippen molar-refractivity contribution in [1.29, 1.82) is 0 Å². The minimum absolute atomic E-state index is 0.292. The van der Waals surface area contributed by atoms with Gasteiger partial charge in [-0.05, 0) is 0 Å². The third kappa shape index (κ3) is 2.55. The van der Waals surface area contributed by atoms with Gasteiger partial charge in [-0.15, -0.1) is 0 Å². The average Bonchev–Trinajstić information content (AvgIpc) is 2.67. The van der Waals surface area contributed by atoms with Gasteiger partial charge in [-0.3, -0.25) is 0 Å². The van der Waals surface area contributed by atoms with Crippen LogP contribution in [0.15, 0.2) is 18.3 Å². The highest BCUT2D eigenvalue weighted by molar-refractivity contribution is 5.47. The van der Waals surface area contributed by atoms with Crippen molar-refractivity contribution in [2.24, 2.45) is 0 Å². The first-order valence-electron chi connectivity index (χ1n) is 5.50. The Balaban J connectivity index is 2.53. The van der Waals surface area contributed by atoms with Crippen molar-refractivity contribution in [1.82, 2.24) is 9.78 Å². The molecule has 0 spiro atoms. The number of nitrogen functional groups attached to an aromatic ring is 1. The highest BCUT2D eigenvalue weighted by atomic mass is 19.1. The van der Waals surface area contributed by atoms with Crippen molar-refractivity contribution in [2.75, 3.05) is 19.5 Å². The van der Waals surface area contributed by atoms with Gasteiger partial charge in [-0.2, -0.15) is 5.10 Å². The lowest BCUT2D eigenvalue weighted by Crippen LogP contribution is -2.10. The van der Waals surface area contributed by atoms with E-state index >= 15 is 0 Å². The third-order valence-electron chi connectivity index (χ3n) is 2.64. The number of aromatic nitrogens is 2. The van der Waals surface area contributed by atoms with Crippen LogP contribution in [0.3, 0.4) is 0 Å². The summed E-state index contributed by atoms with van der Waals surface area (Å²) in [7, 11) is 1.50. The number of benzene rings is 1. The lowest BCUT2D eigenvalue weighted by atomic mass is 10.2. The molecule has 0 unspecified atom stereocenters. The Morgan fingerprint density at radius 1 is 1.26 bits per heavy atom. The van der Waals surface area contributed by atoms with Crippen LogP contribution in [0.1, 0.15) is 5.69 Å². The van der Waals surface area contributed by atoms with E-state index < -0.39 is 23.1 Å². The average molecular weight is 271 g/mol. The van der Waals surface area contributed by atoms with E-state index in [0.29, 0.717) is 36.5 Å². The molecule has 0 amide bonds. The number of nitrogens with zero attached hydrogens (tertiary/aromatic N) is 2. The SMILES string of the molecule is COCCc1c(N)cnn1-c1c(F)cc(F)cc1F. The molecular weight excluding hydrogens is 259 g/mol. The molecule has 0 fully saturated rings. The van der Waals surface area contributed by atoms with Crippen LogP contribution in [0.4, 0.5) is 18.9 Å². The number of hydrogen-bond acceptors (Lipinski definition) is 3. The minimum atomic E-state index is -1.04. The quantitative estimate of drug-likeness (QED) is 0.926. The first-order valence-corrected chi connectivity index (χ1v) is 5.50. The fourth-order valence-electron chi connectivity index (χ4n) is 1.77. The van der Waals surface area contributed by atoms with Gasteiger partial charge in [0.2, 0.25) is 0 Å². The van der Waals surface area contributed by atoms with Crippen LogP contribution in [0.5, 0.6) is 0 Å². The van der Waals surface area contributed by atoms with E-state index in [2.05, 4.69) is 5.10 Å². The molecule has 19 heavy (non-hydrogen) atoms. The molecule has 1 aromatic heterocycles. The molecule has 0 aliphatic rings. The highest BCUT2D eigenvalue weighted by Crippen LogP contribution is 2.23. The summed E-state index contributed by atoms with van der Waals surface area (Å²) in [6, 6.07) is 1.19. The molecule has 1 aromatic carbocycles. The predicted molar refractivity (Wildman–Crippen MR) is 63.4 cm³/mol. The van der Waals surface area contributed by atoms with Crippen LogP contribution >= 0.6 is 0 Å². The lowest BCUT2D eigenvalue weighted by molar-refractivity contribution is 0.201. The normalized spacial score (nSPS) is 10.9. The second-order valence-corrected chi connectivity index (χ2v) is 3.92. The molecule has 2 aromatic rings. The Hall–Kier alpha value is -2.02. The van der Waals surface area contributed by atoms with Gasteiger partial charge in [-0.25, -0.2) is 17.9 Å². The lowest BCUT2D eigenvalue weighted by Gasteiger charge is -2.10. The summed E-state index contributed by atoms with van der Waals surface area (Å²) in [5.41, 5.74) is 5.94. The molecule has 7 heteroatoms. The number of anilines is 1. The minimum Gasteiger partial charge on any atom is -0.396 e. The number of nitrogens with two attached hydrogens (primary N) is 1. The van der Waals surface area contributed by atoms with Crippen LogP contribution in [-0.4, -0.2) is 23.5 Å². The summed E-state index contributed by atoms with van der Waals surface area (Å²) >= 11 is 0. The Morgan fingerprint density at radius 2 is 1.89 bits per heavy atom. The largest absolute Gasteiger partial charge is 0.396 e. The maximum atomic E-state index is 13.7. The fraction of sp³-hybridized carbons (Fsp3) is 0.250. The Bertz CT molecular complexity index is 575. The molecule has 0 aliphatic carbocycles. The van der Waals surface area contributed by atoms with Gasteiger partial charge < -0.3 is 10.5 Å². The summed E-state index contributed by atoms with van der Waals surface area (Å²) in [5, 5.41) is 3.82. The van der Waals surface area contributed by atoms with Crippen LogP contribution in [0.25, 0.3) is 5.69 Å². The van der Waals surface area contributed by atoms with Crippen LogP contribution in [0, 0.1) is 17.5 Å². The monoisotopic (exact) mass is 271 g/mol. The molecular formula is C12H12F3N3O. The molecule has 4 nitrogen and oxygen atoms in total. The Kier molecular flexibility index (Phi) is 3.75. The summed E-state index contributed by atoms with van der Waals surface area (Å²) in [6.45, 7) is 0.320. The summed E-state index contributed by atoms with van der Waals surface area (Å²) in [5.74, 6) is -3.07. The molecule has 1 heterocycles.